The maximum Gasteiger partial charge on any atom is 0.224 e. The van der Waals surface area contributed by atoms with Gasteiger partial charge in [-0.2, -0.15) is 0 Å². The van der Waals surface area contributed by atoms with E-state index in [0.717, 1.165) is 10.9 Å². The van der Waals surface area contributed by atoms with Gasteiger partial charge < -0.3 is 0 Å². The molecule has 0 N–H and O–H groups in total. The second-order valence-electron chi connectivity index (χ2n) is 4.25. The van der Waals surface area contributed by atoms with Crippen molar-refractivity contribution in [3.8, 4) is 0 Å². The molecule has 2 aromatic heterocycles. The average molecular weight is 305 g/mol. The lowest BCUT2D eigenvalue weighted by Gasteiger charge is -2.00. The zero-order valence-electron chi connectivity index (χ0n) is 9.52. The molecule has 19 heavy (non-hydrogen) atoms. The smallest absolute Gasteiger partial charge is 0.218 e. The summed E-state index contributed by atoms with van der Waals surface area (Å²) in [5.41, 5.74) is 0.779. The van der Waals surface area contributed by atoms with Gasteiger partial charge in [0.2, 0.25) is 5.28 Å². The zero-order valence-corrected chi connectivity index (χ0v) is 11.9. The number of thiophene rings is 1. The summed E-state index contributed by atoms with van der Waals surface area (Å²) < 4.78 is 2.43. The van der Waals surface area contributed by atoms with Gasteiger partial charge in [0.1, 0.15) is 5.15 Å². The minimum absolute atomic E-state index is 0.177. The topological polar surface area (TPSA) is 25.8 Å². The molecule has 0 amide bonds. The predicted octanol–water partition coefficient (Wildman–Crippen LogP) is 5.30. The Balaban J connectivity index is 2.25. The first-order valence-electron chi connectivity index (χ1n) is 5.66. The van der Waals surface area contributed by atoms with Crippen molar-refractivity contribution in [3.05, 3.63) is 46.8 Å². The van der Waals surface area contributed by atoms with Crippen LogP contribution in [0, 0.1) is 0 Å². The van der Waals surface area contributed by atoms with Crippen LogP contribution in [-0.2, 0) is 0 Å². The van der Waals surface area contributed by atoms with Gasteiger partial charge >= 0.3 is 0 Å². The van der Waals surface area contributed by atoms with E-state index in [1.807, 2.05) is 24.3 Å². The van der Waals surface area contributed by atoms with E-state index >= 15 is 0 Å². The Morgan fingerprint density at radius 3 is 2.58 bits per heavy atom. The van der Waals surface area contributed by atoms with Crippen LogP contribution in [0.25, 0.3) is 31.1 Å². The molecule has 0 aliphatic carbocycles. The van der Waals surface area contributed by atoms with E-state index in [1.54, 1.807) is 11.3 Å². The van der Waals surface area contributed by atoms with Crippen molar-refractivity contribution in [2.24, 2.45) is 0 Å². The van der Waals surface area contributed by atoms with Crippen molar-refractivity contribution < 1.29 is 0 Å². The number of hydrogen-bond donors (Lipinski definition) is 0. The first kappa shape index (κ1) is 11.4. The maximum atomic E-state index is 6.13. The second-order valence-corrected chi connectivity index (χ2v) is 6.03. The molecule has 92 valence electrons. The summed E-state index contributed by atoms with van der Waals surface area (Å²) in [6.07, 6.45) is 0. The summed E-state index contributed by atoms with van der Waals surface area (Å²) in [7, 11) is 0. The normalized spacial score (nSPS) is 11.7. The van der Waals surface area contributed by atoms with Crippen LogP contribution in [0.5, 0.6) is 0 Å². The van der Waals surface area contributed by atoms with Crippen molar-refractivity contribution in [1.29, 1.82) is 0 Å². The predicted molar refractivity (Wildman–Crippen MR) is 82.4 cm³/mol. The Morgan fingerprint density at radius 1 is 0.842 bits per heavy atom. The molecule has 2 nitrogen and oxygen atoms in total. The van der Waals surface area contributed by atoms with Crippen molar-refractivity contribution in [2.45, 2.75) is 0 Å². The average Bonchev–Trinajstić information content (AvgIpc) is 2.74. The van der Waals surface area contributed by atoms with E-state index in [0.29, 0.717) is 5.15 Å². The van der Waals surface area contributed by atoms with Crippen molar-refractivity contribution in [3.63, 3.8) is 0 Å². The molecule has 0 saturated heterocycles. The Morgan fingerprint density at radius 2 is 1.68 bits per heavy atom. The third kappa shape index (κ3) is 1.70. The number of benzene rings is 2. The lowest BCUT2D eigenvalue weighted by Crippen LogP contribution is -1.86. The van der Waals surface area contributed by atoms with E-state index in [2.05, 4.69) is 22.1 Å². The molecule has 0 spiro atoms. The minimum atomic E-state index is 0.177. The number of rotatable bonds is 0. The van der Waals surface area contributed by atoms with E-state index in [1.165, 1.54) is 20.2 Å². The fourth-order valence-electron chi connectivity index (χ4n) is 2.28. The Bertz CT molecular complexity index is 946. The van der Waals surface area contributed by atoms with Gasteiger partial charge in [-0.1, -0.05) is 29.8 Å². The van der Waals surface area contributed by atoms with Crippen molar-refractivity contribution >= 4 is 65.6 Å². The van der Waals surface area contributed by atoms with Crippen molar-refractivity contribution in [2.75, 3.05) is 0 Å². The van der Waals surface area contributed by atoms with Crippen molar-refractivity contribution in [1.82, 2.24) is 9.97 Å². The molecule has 2 heterocycles. The van der Waals surface area contributed by atoms with Crippen LogP contribution in [0.3, 0.4) is 0 Å². The molecule has 0 radical (unpaired) electrons. The molecular formula is C14H6Cl2N2S. The Kier molecular flexibility index (Phi) is 2.42. The van der Waals surface area contributed by atoms with Gasteiger partial charge in [0.15, 0.2) is 0 Å². The lowest BCUT2D eigenvalue weighted by molar-refractivity contribution is 1.22. The van der Waals surface area contributed by atoms with Gasteiger partial charge in [-0.15, -0.1) is 11.3 Å². The van der Waals surface area contributed by atoms with Crippen LogP contribution < -0.4 is 0 Å². The standard InChI is InChI=1S/C14H6Cl2N2S/c15-13-9-6-12-8(5-10(9)17-14(16)18-13)7-3-1-2-4-11(7)19-12/h1-6H. The molecule has 0 bridgehead atoms. The minimum Gasteiger partial charge on any atom is -0.218 e. The lowest BCUT2D eigenvalue weighted by atomic mass is 10.1. The highest BCUT2D eigenvalue weighted by Gasteiger charge is 2.10. The molecular weight excluding hydrogens is 299 g/mol. The van der Waals surface area contributed by atoms with Gasteiger partial charge in [0.05, 0.1) is 5.52 Å². The molecule has 0 atom stereocenters. The van der Waals surface area contributed by atoms with Crippen LogP contribution >= 0.6 is 34.5 Å². The number of hydrogen-bond acceptors (Lipinski definition) is 3. The number of halogens is 2. The monoisotopic (exact) mass is 304 g/mol. The van der Waals surface area contributed by atoms with E-state index in [9.17, 15) is 0 Å². The van der Waals surface area contributed by atoms with Crippen LogP contribution in [0.15, 0.2) is 36.4 Å². The summed E-state index contributed by atoms with van der Waals surface area (Å²) in [6, 6.07) is 12.4. The Labute approximate surface area is 122 Å². The molecule has 2 aromatic carbocycles. The molecule has 0 fully saturated rings. The SMILES string of the molecule is Clc1nc(Cl)c2cc3sc4ccccc4c3cc2n1. The highest BCUT2D eigenvalue weighted by Crippen LogP contribution is 2.37. The highest BCUT2D eigenvalue weighted by atomic mass is 35.5. The van der Waals surface area contributed by atoms with Gasteiger partial charge in [-0.3, -0.25) is 0 Å². The Hall–Kier alpha value is -1.42. The van der Waals surface area contributed by atoms with E-state index in [-0.39, 0.29) is 5.28 Å². The molecule has 4 rings (SSSR count). The van der Waals surface area contributed by atoms with E-state index < -0.39 is 0 Å². The summed E-state index contributed by atoms with van der Waals surface area (Å²) in [4.78, 5) is 8.23. The highest BCUT2D eigenvalue weighted by molar-refractivity contribution is 7.25. The summed E-state index contributed by atoms with van der Waals surface area (Å²) in [5.74, 6) is 0. The number of nitrogens with zero attached hydrogens (tertiary/aromatic N) is 2. The largest absolute Gasteiger partial charge is 0.224 e. The van der Waals surface area contributed by atoms with Gasteiger partial charge in [-0.25, -0.2) is 9.97 Å². The molecule has 0 saturated carbocycles. The van der Waals surface area contributed by atoms with Crippen LogP contribution in [0.4, 0.5) is 0 Å². The first-order chi connectivity index (χ1) is 9.22. The van der Waals surface area contributed by atoms with Crippen LogP contribution in [-0.4, -0.2) is 9.97 Å². The third-order valence-corrected chi connectivity index (χ3v) is 4.71. The van der Waals surface area contributed by atoms with E-state index in [4.69, 9.17) is 23.2 Å². The fourth-order valence-corrected chi connectivity index (χ4v) is 3.86. The van der Waals surface area contributed by atoms with Gasteiger partial charge in [0.25, 0.3) is 0 Å². The third-order valence-electron chi connectivity index (χ3n) is 3.12. The first-order valence-corrected chi connectivity index (χ1v) is 7.24. The maximum absolute atomic E-state index is 6.13. The van der Waals surface area contributed by atoms with Gasteiger partial charge in [0, 0.05) is 25.6 Å². The second kappa shape index (κ2) is 4.04. The van der Waals surface area contributed by atoms with Crippen LogP contribution in [0.2, 0.25) is 10.4 Å². The molecule has 4 aromatic rings. The quantitative estimate of drug-likeness (QED) is 0.325. The summed E-state index contributed by atoms with van der Waals surface area (Å²) in [5, 5.41) is 3.82. The molecule has 0 unspecified atom stereocenters. The zero-order chi connectivity index (χ0) is 13.0. The molecule has 0 aliphatic heterocycles. The number of fused-ring (bicyclic) bond motifs is 4. The summed E-state index contributed by atoms with van der Waals surface area (Å²) in [6.45, 7) is 0. The summed E-state index contributed by atoms with van der Waals surface area (Å²) >= 11 is 13.7. The van der Waals surface area contributed by atoms with Crippen LogP contribution in [0.1, 0.15) is 0 Å². The molecule has 0 aliphatic rings. The fraction of sp³-hybridized carbons (Fsp3) is 0. The number of aromatic nitrogens is 2. The molecule has 5 heteroatoms. The van der Waals surface area contributed by atoms with Gasteiger partial charge in [-0.05, 0) is 29.8 Å².